The van der Waals surface area contributed by atoms with Crippen molar-refractivity contribution in [2.24, 2.45) is 0 Å². The van der Waals surface area contributed by atoms with E-state index < -0.39 is 23.3 Å². The van der Waals surface area contributed by atoms with Crippen LogP contribution in [0.15, 0.2) is 36.4 Å². The summed E-state index contributed by atoms with van der Waals surface area (Å²) in [6.07, 6.45) is 0.462. The summed E-state index contributed by atoms with van der Waals surface area (Å²) in [7, 11) is 0. The van der Waals surface area contributed by atoms with Crippen LogP contribution in [0.3, 0.4) is 0 Å². The molecular formula is C14H10F4. The zero-order chi connectivity index (χ0) is 13.1. The summed E-state index contributed by atoms with van der Waals surface area (Å²) in [6, 6.07) is 6.53. The maximum atomic E-state index is 13.3. The Morgan fingerprint density at radius 1 is 0.611 bits per heavy atom. The van der Waals surface area contributed by atoms with Gasteiger partial charge in [0.15, 0.2) is 0 Å². The molecular weight excluding hydrogens is 244 g/mol. The Balaban J connectivity index is 2.11. The van der Waals surface area contributed by atoms with E-state index in [0.717, 1.165) is 24.3 Å². The summed E-state index contributed by atoms with van der Waals surface area (Å²) in [4.78, 5) is 0. The van der Waals surface area contributed by atoms with Gasteiger partial charge in [0.2, 0.25) is 0 Å². The van der Waals surface area contributed by atoms with Crippen LogP contribution in [0, 0.1) is 23.3 Å². The van der Waals surface area contributed by atoms with Crippen LogP contribution in [0.4, 0.5) is 17.6 Å². The average Bonchev–Trinajstić information content (AvgIpc) is 2.30. The van der Waals surface area contributed by atoms with Gasteiger partial charge in [-0.2, -0.15) is 0 Å². The summed E-state index contributed by atoms with van der Waals surface area (Å²) < 4.78 is 52.0. The zero-order valence-corrected chi connectivity index (χ0v) is 9.39. The molecule has 94 valence electrons. The molecule has 0 spiro atoms. The van der Waals surface area contributed by atoms with Gasteiger partial charge in [0.1, 0.15) is 23.3 Å². The van der Waals surface area contributed by atoms with Gasteiger partial charge in [-0.15, -0.1) is 0 Å². The van der Waals surface area contributed by atoms with Crippen molar-refractivity contribution >= 4 is 0 Å². The highest BCUT2D eigenvalue weighted by molar-refractivity contribution is 5.23. The molecule has 0 atom stereocenters. The third-order valence-corrected chi connectivity index (χ3v) is 2.69. The van der Waals surface area contributed by atoms with Gasteiger partial charge >= 0.3 is 0 Å². The Labute approximate surface area is 102 Å². The van der Waals surface area contributed by atoms with E-state index in [1.165, 1.54) is 12.1 Å². The Hall–Kier alpha value is -1.84. The van der Waals surface area contributed by atoms with Gasteiger partial charge in [0, 0.05) is 12.1 Å². The second-order valence-corrected chi connectivity index (χ2v) is 3.97. The molecule has 0 heterocycles. The van der Waals surface area contributed by atoms with E-state index in [4.69, 9.17) is 0 Å². The first-order valence-electron chi connectivity index (χ1n) is 5.44. The van der Waals surface area contributed by atoms with E-state index in [1.807, 2.05) is 0 Å². The van der Waals surface area contributed by atoms with E-state index in [2.05, 4.69) is 0 Å². The van der Waals surface area contributed by atoms with Crippen molar-refractivity contribution in [3.05, 3.63) is 70.8 Å². The number of rotatable bonds is 3. The second-order valence-electron chi connectivity index (χ2n) is 3.97. The second kappa shape index (κ2) is 5.21. The van der Waals surface area contributed by atoms with Crippen LogP contribution in [0.5, 0.6) is 0 Å². The molecule has 0 aliphatic rings. The quantitative estimate of drug-likeness (QED) is 0.725. The molecule has 0 nitrogen and oxygen atoms in total. The van der Waals surface area contributed by atoms with Crippen molar-refractivity contribution in [2.75, 3.05) is 0 Å². The fraction of sp³-hybridized carbons (Fsp3) is 0.143. The lowest BCUT2D eigenvalue weighted by Crippen LogP contribution is -1.98. The molecule has 0 bridgehead atoms. The first-order valence-corrected chi connectivity index (χ1v) is 5.44. The highest BCUT2D eigenvalue weighted by Gasteiger charge is 2.07. The molecule has 2 aromatic rings. The van der Waals surface area contributed by atoms with Crippen LogP contribution in [0.25, 0.3) is 0 Å². The number of hydrogen-bond donors (Lipinski definition) is 0. The van der Waals surface area contributed by atoms with Crippen LogP contribution in [0.1, 0.15) is 11.1 Å². The van der Waals surface area contributed by atoms with Crippen LogP contribution in [0.2, 0.25) is 0 Å². The van der Waals surface area contributed by atoms with Crippen LogP contribution in [-0.2, 0) is 12.8 Å². The van der Waals surface area contributed by atoms with Gasteiger partial charge in [0.25, 0.3) is 0 Å². The third kappa shape index (κ3) is 2.88. The Bertz CT molecular complexity index is 512. The topological polar surface area (TPSA) is 0 Å². The molecule has 0 unspecified atom stereocenters. The molecule has 0 saturated heterocycles. The largest absolute Gasteiger partial charge is 0.207 e. The van der Waals surface area contributed by atoms with Crippen LogP contribution in [-0.4, -0.2) is 0 Å². The lowest BCUT2D eigenvalue weighted by atomic mass is 10.0. The van der Waals surface area contributed by atoms with Crippen LogP contribution >= 0.6 is 0 Å². The van der Waals surface area contributed by atoms with Gasteiger partial charge in [-0.25, -0.2) is 17.6 Å². The Morgan fingerprint density at radius 3 is 1.33 bits per heavy atom. The summed E-state index contributed by atoms with van der Waals surface area (Å²) in [5, 5.41) is 0. The van der Waals surface area contributed by atoms with Crippen molar-refractivity contribution in [3.63, 3.8) is 0 Å². The van der Waals surface area contributed by atoms with Crippen LogP contribution < -0.4 is 0 Å². The monoisotopic (exact) mass is 254 g/mol. The van der Waals surface area contributed by atoms with Gasteiger partial charge in [-0.1, -0.05) is 12.1 Å². The number of aryl methyl sites for hydroxylation is 2. The maximum Gasteiger partial charge on any atom is 0.129 e. The molecule has 4 heteroatoms. The third-order valence-electron chi connectivity index (χ3n) is 2.69. The van der Waals surface area contributed by atoms with E-state index in [1.54, 1.807) is 0 Å². The normalized spacial score (nSPS) is 10.7. The molecule has 0 amide bonds. The maximum absolute atomic E-state index is 13.3. The minimum atomic E-state index is -0.655. The first-order chi connectivity index (χ1) is 8.56. The number of halogens is 4. The van der Waals surface area contributed by atoms with Gasteiger partial charge in [0.05, 0.1) is 0 Å². The molecule has 0 N–H and O–H groups in total. The average molecular weight is 254 g/mol. The highest BCUT2D eigenvalue weighted by atomic mass is 19.1. The Morgan fingerprint density at radius 2 is 1.00 bits per heavy atom. The van der Waals surface area contributed by atoms with Gasteiger partial charge in [-0.05, 0) is 36.1 Å². The summed E-state index contributed by atoms with van der Waals surface area (Å²) in [5.74, 6) is -2.61. The summed E-state index contributed by atoms with van der Waals surface area (Å²) >= 11 is 0. The fourth-order valence-electron chi connectivity index (χ4n) is 1.72. The standard InChI is InChI=1S/C14H10F4/c15-11-5-3-9(13(17)7-11)1-2-10-4-6-12(16)8-14(10)18/h3-8H,1-2H2. The van der Waals surface area contributed by atoms with Gasteiger partial charge < -0.3 is 0 Å². The number of benzene rings is 2. The van der Waals surface area contributed by atoms with Gasteiger partial charge in [-0.3, -0.25) is 0 Å². The summed E-state index contributed by atoms with van der Waals surface area (Å²) in [6.45, 7) is 0. The lowest BCUT2D eigenvalue weighted by Gasteiger charge is -2.05. The molecule has 2 rings (SSSR count). The predicted octanol–water partition coefficient (Wildman–Crippen LogP) is 4.03. The van der Waals surface area contributed by atoms with Crippen molar-refractivity contribution in [2.45, 2.75) is 12.8 Å². The van der Waals surface area contributed by atoms with Crippen molar-refractivity contribution in [1.82, 2.24) is 0 Å². The van der Waals surface area contributed by atoms with Crippen molar-refractivity contribution in [3.8, 4) is 0 Å². The highest BCUT2D eigenvalue weighted by Crippen LogP contribution is 2.15. The minimum Gasteiger partial charge on any atom is -0.207 e. The van der Waals surface area contributed by atoms with E-state index in [-0.39, 0.29) is 12.8 Å². The smallest absolute Gasteiger partial charge is 0.129 e. The number of hydrogen-bond acceptors (Lipinski definition) is 0. The van der Waals surface area contributed by atoms with E-state index in [9.17, 15) is 17.6 Å². The lowest BCUT2D eigenvalue weighted by molar-refractivity contribution is 0.562. The molecule has 0 aromatic heterocycles. The molecule has 18 heavy (non-hydrogen) atoms. The van der Waals surface area contributed by atoms with E-state index >= 15 is 0 Å². The molecule has 0 aliphatic heterocycles. The Kier molecular flexibility index (Phi) is 3.65. The predicted molar refractivity (Wildman–Crippen MR) is 60.1 cm³/mol. The zero-order valence-electron chi connectivity index (χ0n) is 9.39. The molecule has 2 aromatic carbocycles. The molecule has 0 radical (unpaired) electrons. The SMILES string of the molecule is Fc1ccc(CCc2ccc(F)cc2F)c(F)c1. The molecule has 0 aliphatic carbocycles. The van der Waals surface area contributed by atoms with E-state index in [0.29, 0.717) is 11.1 Å². The first kappa shape index (κ1) is 12.6. The summed E-state index contributed by atoms with van der Waals surface area (Å²) in [5.41, 5.74) is 0.611. The molecule has 0 fully saturated rings. The fourth-order valence-corrected chi connectivity index (χ4v) is 1.72. The minimum absolute atomic E-state index is 0.231. The molecule has 0 saturated carbocycles. The van der Waals surface area contributed by atoms with Crippen molar-refractivity contribution < 1.29 is 17.6 Å². The van der Waals surface area contributed by atoms with Crippen molar-refractivity contribution in [1.29, 1.82) is 0 Å².